The molecule has 5 N–H and O–H groups in total. The Hall–Kier alpha value is -3.65. The number of primary amides is 1. The van der Waals surface area contributed by atoms with E-state index in [1.807, 2.05) is 30.3 Å². The summed E-state index contributed by atoms with van der Waals surface area (Å²) >= 11 is 0. The third-order valence-corrected chi connectivity index (χ3v) is 7.25. The molecule has 3 aromatic rings. The normalized spacial score (nSPS) is 20.7. The number of carbonyl (C=O) groups excluding carboxylic acids is 1. The first-order valence-electron chi connectivity index (χ1n) is 9.96. The van der Waals surface area contributed by atoms with Crippen molar-refractivity contribution in [2.75, 3.05) is 6.26 Å². The molecule has 4 rings (SSSR count). The molecule has 3 aromatic carbocycles. The fraction of sp³-hybridized carbons (Fsp3) is 0.167. The third-order valence-electron chi connectivity index (χ3n) is 6.09. The third kappa shape index (κ3) is 3.62. The maximum absolute atomic E-state index is 12.5. The van der Waals surface area contributed by atoms with E-state index < -0.39 is 21.2 Å². The Labute approximate surface area is 186 Å². The number of amidine groups is 1. The SMILES string of the molecule is CS(=O)(=O)c1ccccc1-c1ccc(C2(C(N)=O)CC2c2cccc(/C(N)=N/O)c2)cc1. The van der Waals surface area contributed by atoms with Crippen LogP contribution >= 0.6 is 0 Å². The lowest BCUT2D eigenvalue weighted by Gasteiger charge is -2.16. The Balaban J connectivity index is 1.71. The number of amides is 1. The molecule has 8 heteroatoms. The van der Waals surface area contributed by atoms with Crippen LogP contribution in [0.4, 0.5) is 0 Å². The first kappa shape index (κ1) is 21.6. The molecule has 0 heterocycles. The minimum atomic E-state index is -3.39. The Morgan fingerprint density at radius 3 is 2.34 bits per heavy atom. The van der Waals surface area contributed by atoms with Crippen molar-refractivity contribution in [2.45, 2.75) is 22.6 Å². The van der Waals surface area contributed by atoms with E-state index in [1.165, 1.54) is 6.26 Å². The van der Waals surface area contributed by atoms with Crippen LogP contribution in [0.5, 0.6) is 0 Å². The number of oxime groups is 1. The zero-order chi connectivity index (χ0) is 23.1. The second-order valence-corrected chi connectivity index (χ2v) is 10.0. The van der Waals surface area contributed by atoms with Gasteiger partial charge in [-0.25, -0.2) is 8.42 Å². The number of sulfone groups is 1. The van der Waals surface area contributed by atoms with Crippen molar-refractivity contribution in [2.24, 2.45) is 16.6 Å². The zero-order valence-corrected chi connectivity index (χ0v) is 18.2. The fourth-order valence-corrected chi connectivity index (χ4v) is 5.26. The molecule has 1 aliphatic carbocycles. The molecule has 1 fully saturated rings. The first-order valence-corrected chi connectivity index (χ1v) is 11.9. The molecule has 1 saturated carbocycles. The summed E-state index contributed by atoms with van der Waals surface area (Å²) in [5.41, 5.74) is 14.2. The van der Waals surface area contributed by atoms with Crippen molar-refractivity contribution in [1.29, 1.82) is 0 Å². The van der Waals surface area contributed by atoms with E-state index >= 15 is 0 Å². The molecule has 1 amide bonds. The predicted molar refractivity (Wildman–Crippen MR) is 122 cm³/mol. The van der Waals surface area contributed by atoms with Gasteiger partial charge in [-0.05, 0) is 35.2 Å². The summed E-state index contributed by atoms with van der Waals surface area (Å²) in [5, 5.41) is 12.0. The highest BCUT2D eigenvalue weighted by Crippen LogP contribution is 2.60. The van der Waals surface area contributed by atoms with Gasteiger partial charge in [-0.15, -0.1) is 0 Å². The highest BCUT2D eigenvalue weighted by atomic mass is 32.2. The molecule has 1 aliphatic rings. The number of nitrogens with zero attached hydrogens (tertiary/aromatic N) is 1. The monoisotopic (exact) mass is 449 g/mol. The van der Waals surface area contributed by atoms with Crippen molar-refractivity contribution in [3.05, 3.63) is 89.5 Å². The van der Waals surface area contributed by atoms with Gasteiger partial charge in [0.15, 0.2) is 15.7 Å². The van der Waals surface area contributed by atoms with Crippen LogP contribution in [0.15, 0.2) is 82.8 Å². The van der Waals surface area contributed by atoms with Crippen LogP contribution in [0, 0.1) is 0 Å². The number of rotatable bonds is 6. The molecule has 7 nitrogen and oxygen atoms in total. The van der Waals surface area contributed by atoms with Crippen LogP contribution in [0.25, 0.3) is 11.1 Å². The average Bonchev–Trinajstić information content (AvgIpc) is 3.55. The van der Waals surface area contributed by atoms with Gasteiger partial charge < -0.3 is 16.7 Å². The second-order valence-electron chi connectivity index (χ2n) is 8.05. The Morgan fingerprint density at radius 1 is 1.03 bits per heavy atom. The number of benzene rings is 3. The number of hydrogen-bond donors (Lipinski definition) is 3. The van der Waals surface area contributed by atoms with Gasteiger partial charge in [0.2, 0.25) is 5.91 Å². The predicted octanol–water partition coefficient (Wildman–Crippen LogP) is 2.76. The van der Waals surface area contributed by atoms with E-state index in [0.29, 0.717) is 17.5 Å². The van der Waals surface area contributed by atoms with Crippen molar-refractivity contribution in [3.63, 3.8) is 0 Å². The molecule has 0 radical (unpaired) electrons. The molecule has 164 valence electrons. The summed E-state index contributed by atoms with van der Waals surface area (Å²) < 4.78 is 24.3. The summed E-state index contributed by atoms with van der Waals surface area (Å²) in [5.74, 6) is -0.576. The van der Waals surface area contributed by atoms with Gasteiger partial charge in [-0.3, -0.25) is 4.79 Å². The molecule has 32 heavy (non-hydrogen) atoms. The molecule has 0 saturated heterocycles. The molecular weight excluding hydrogens is 426 g/mol. The van der Waals surface area contributed by atoms with Gasteiger partial charge in [-0.1, -0.05) is 65.8 Å². The second kappa shape index (κ2) is 7.80. The minimum Gasteiger partial charge on any atom is -0.409 e. The Morgan fingerprint density at radius 2 is 1.72 bits per heavy atom. The highest BCUT2D eigenvalue weighted by Gasteiger charge is 2.60. The zero-order valence-electron chi connectivity index (χ0n) is 17.4. The summed E-state index contributed by atoms with van der Waals surface area (Å²) in [4.78, 5) is 12.8. The molecule has 0 aliphatic heterocycles. The number of nitrogens with two attached hydrogens (primary N) is 2. The summed E-state index contributed by atoms with van der Waals surface area (Å²) in [6.45, 7) is 0. The van der Waals surface area contributed by atoms with Crippen LogP contribution in [0.2, 0.25) is 0 Å². The van der Waals surface area contributed by atoms with Gasteiger partial charge in [-0.2, -0.15) is 0 Å². The minimum absolute atomic E-state index is 0.00827. The largest absolute Gasteiger partial charge is 0.409 e. The van der Waals surface area contributed by atoms with Gasteiger partial charge >= 0.3 is 0 Å². The Bertz CT molecular complexity index is 1330. The lowest BCUT2D eigenvalue weighted by Crippen LogP contribution is -2.30. The number of carbonyl (C=O) groups is 1. The average molecular weight is 450 g/mol. The summed E-state index contributed by atoms with van der Waals surface area (Å²) in [6.07, 6.45) is 1.72. The smallest absolute Gasteiger partial charge is 0.228 e. The van der Waals surface area contributed by atoms with Gasteiger partial charge in [0.1, 0.15) is 0 Å². The maximum Gasteiger partial charge on any atom is 0.228 e. The highest BCUT2D eigenvalue weighted by molar-refractivity contribution is 7.90. The molecule has 0 aromatic heterocycles. The summed E-state index contributed by atoms with van der Waals surface area (Å²) in [6, 6.07) is 21.3. The van der Waals surface area contributed by atoms with Crippen molar-refractivity contribution >= 4 is 21.6 Å². The standard InChI is InChI=1S/C24H23N3O4S/c1-32(30,31)21-8-3-2-7-19(21)15-9-11-18(12-10-15)24(23(26)28)14-20(24)16-5-4-6-17(13-16)22(25)27-29/h2-13,20,29H,14H2,1H3,(H2,25,27)(H2,26,28). The van der Waals surface area contributed by atoms with Gasteiger partial charge in [0, 0.05) is 23.3 Å². The van der Waals surface area contributed by atoms with Crippen molar-refractivity contribution < 1.29 is 18.4 Å². The molecule has 2 atom stereocenters. The van der Waals surface area contributed by atoms with Crippen LogP contribution in [-0.2, 0) is 20.0 Å². The van der Waals surface area contributed by atoms with E-state index in [-0.39, 0.29) is 16.6 Å². The first-order chi connectivity index (χ1) is 15.2. The van der Waals surface area contributed by atoms with Gasteiger partial charge in [0.05, 0.1) is 10.3 Å². The molecule has 0 spiro atoms. The molecular formula is C24H23N3O4S. The van der Waals surface area contributed by atoms with E-state index in [4.69, 9.17) is 16.7 Å². The maximum atomic E-state index is 12.5. The lowest BCUT2D eigenvalue weighted by molar-refractivity contribution is -0.120. The molecule has 0 bridgehead atoms. The molecule has 2 unspecified atom stereocenters. The lowest BCUT2D eigenvalue weighted by atomic mass is 9.88. The number of hydrogen-bond acceptors (Lipinski definition) is 5. The van der Waals surface area contributed by atoms with E-state index in [9.17, 15) is 13.2 Å². The quantitative estimate of drug-likeness (QED) is 0.230. The topological polar surface area (TPSA) is 136 Å². The van der Waals surface area contributed by atoms with E-state index in [1.54, 1.807) is 42.5 Å². The van der Waals surface area contributed by atoms with Crippen LogP contribution < -0.4 is 11.5 Å². The van der Waals surface area contributed by atoms with E-state index in [0.717, 1.165) is 16.7 Å². The van der Waals surface area contributed by atoms with Crippen molar-refractivity contribution in [1.82, 2.24) is 0 Å². The van der Waals surface area contributed by atoms with Gasteiger partial charge in [0.25, 0.3) is 0 Å². The fourth-order valence-electron chi connectivity index (χ4n) is 4.35. The van der Waals surface area contributed by atoms with Crippen LogP contribution in [-0.4, -0.2) is 31.6 Å². The Kier molecular flexibility index (Phi) is 5.26. The van der Waals surface area contributed by atoms with Crippen molar-refractivity contribution in [3.8, 4) is 11.1 Å². The van der Waals surface area contributed by atoms with Crippen LogP contribution in [0.1, 0.15) is 29.0 Å². The van der Waals surface area contributed by atoms with E-state index in [2.05, 4.69) is 5.16 Å². The summed E-state index contributed by atoms with van der Waals surface area (Å²) in [7, 11) is -3.39. The van der Waals surface area contributed by atoms with Crippen LogP contribution in [0.3, 0.4) is 0 Å².